The van der Waals surface area contributed by atoms with Gasteiger partial charge in [-0.3, -0.25) is 9.10 Å². The lowest BCUT2D eigenvalue weighted by Gasteiger charge is -2.17. The van der Waals surface area contributed by atoms with Crippen LogP contribution in [-0.4, -0.2) is 47.4 Å². The second-order valence-corrected chi connectivity index (χ2v) is 11.2. The Bertz CT molecular complexity index is 1790. The van der Waals surface area contributed by atoms with Crippen LogP contribution in [0.25, 0.3) is 27.9 Å². The van der Waals surface area contributed by atoms with Crippen LogP contribution in [0.5, 0.6) is 11.5 Å². The number of nitrogens with zero attached hydrogens (tertiary/aromatic N) is 4. The molecule has 5 aromatic rings. The van der Waals surface area contributed by atoms with Gasteiger partial charge in [0.05, 0.1) is 17.6 Å². The first kappa shape index (κ1) is 26.7. The summed E-state index contributed by atoms with van der Waals surface area (Å²) in [5, 5.41) is 14.0. The molecule has 0 saturated carbocycles. The third-order valence-electron chi connectivity index (χ3n) is 6.57. The minimum atomic E-state index is -3.44. The fourth-order valence-electron chi connectivity index (χ4n) is 4.58. The van der Waals surface area contributed by atoms with E-state index in [1.54, 1.807) is 28.8 Å². The van der Waals surface area contributed by atoms with Gasteiger partial charge in [-0.1, -0.05) is 42.5 Å². The first-order valence-electron chi connectivity index (χ1n) is 12.4. The zero-order valence-electron chi connectivity index (χ0n) is 21.9. The van der Waals surface area contributed by atoms with Crippen molar-refractivity contribution in [3.05, 3.63) is 90.8 Å². The Balaban J connectivity index is 1.66. The molecule has 0 aliphatic carbocycles. The van der Waals surface area contributed by atoms with Crippen molar-refractivity contribution in [1.82, 2.24) is 14.6 Å². The van der Waals surface area contributed by atoms with Crippen LogP contribution in [0.4, 0.5) is 11.5 Å². The number of aromatic nitrogens is 3. The van der Waals surface area contributed by atoms with E-state index >= 15 is 0 Å². The van der Waals surface area contributed by atoms with Crippen molar-refractivity contribution < 1.29 is 23.1 Å². The molecule has 3 N–H and O–H groups in total. The molecule has 3 aromatic carbocycles. The average Bonchev–Trinajstić information content (AvgIpc) is 3.27. The van der Waals surface area contributed by atoms with Crippen LogP contribution >= 0.6 is 0 Å². The number of benzene rings is 3. The van der Waals surface area contributed by atoms with Gasteiger partial charge >= 0.3 is 5.97 Å². The molecule has 0 fully saturated rings. The first-order valence-corrected chi connectivity index (χ1v) is 14.2. The fraction of sp³-hybridized carbons (Fsp3) is 0.138. The number of carboxylic acids is 1. The molecule has 0 aliphatic rings. The van der Waals surface area contributed by atoms with Gasteiger partial charge in [0, 0.05) is 24.6 Å². The SMILES string of the molecule is CN(c1ccc(-c2c(CCC(=O)O)c(-c3ccc(Oc4ccccc4)cc3)c3c(N)ncnn23)cc1)S(C)(=O)=O. The summed E-state index contributed by atoms with van der Waals surface area (Å²) < 4.78 is 32.8. The lowest BCUT2D eigenvalue weighted by Crippen LogP contribution is -2.24. The molecule has 0 aliphatic heterocycles. The predicted molar refractivity (Wildman–Crippen MR) is 154 cm³/mol. The van der Waals surface area contributed by atoms with E-state index in [-0.39, 0.29) is 18.7 Å². The minimum absolute atomic E-state index is 0.117. The van der Waals surface area contributed by atoms with Crippen LogP contribution in [0.3, 0.4) is 0 Å². The Morgan fingerprint density at radius 1 is 0.975 bits per heavy atom. The standard InChI is InChI=1S/C29H27N5O5S/c1-33(40(2,37)38)21-12-8-20(9-13-21)27-24(16-17-25(35)36)26(28-29(30)31-18-32-34(27)28)19-10-14-23(15-11-19)39-22-6-4-3-5-7-22/h3-15,18H,16-17H2,1-2H3,(H,35,36)(H2,30,31,32). The average molecular weight is 558 g/mol. The number of fused-ring (bicyclic) bond motifs is 1. The van der Waals surface area contributed by atoms with Crippen LogP contribution in [0.15, 0.2) is 85.2 Å². The summed E-state index contributed by atoms with van der Waals surface area (Å²) in [6.45, 7) is 0. The number of hydrogen-bond acceptors (Lipinski definition) is 7. The second kappa shape index (κ2) is 10.7. The number of carbonyl (C=O) groups is 1. The van der Waals surface area contributed by atoms with Crippen molar-refractivity contribution in [2.24, 2.45) is 0 Å². The molecule has 0 radical (unpaired) electrons. The first-order chi connectivity index (χ1) is 19.1. The lowest BCUT2D eigenvalue weighted by molar-refractivity contribution is -0.136. The van der Waals surface area contributed by atoms with Gasteiger partial charge < -0.3 is 15.6 Å². The number of ether oxygens (including phenoxy) is 1. The van der Waals surface area contributed by atoms with Crippen LogP contribution in [-0.2, 0) is 21.2 Å². The van der Waals surface area contributed by atoms with Crippen LogP contribution in [0.1, 0.15) is 12.0 Å². The summed E-state index contributed by atoms with van der Waals surface area (Å²) in [4.78, 5) is 15.8. The van der Waals surface area contributed by atoms with E-state index < -0.39 is 16.0 Å². The molecule has 0 bridgehead atoms. The van der Waals surface area contributed by atoms with Gasteiger partial charge in [-0.2, -0.15) is 5.10 Å². The molecule has 2 heterocycles. The summed E-state index contributed by atoms with van der Waals surface area (Å²) in [5.41, 5.74) is 11.0. The van der Waals surface area contributed by atoms with Crippen molar-refractivity contribution >= 4 is 33.0 Å². The summed E-state index contributed by atoms with van der Waals surface area (Å²) in [5.74, 6) is 0.644. The van der Waals surface area contributed by atoms with E-state index in [1.165, 1.54) is 17.7 Å². The van der Waals surface area contributed by atoms with E-state index in [4.69, 9.17) is 10.5 Å². The van der Waals surface area contributed by atoms with Gasteiger partial charge in [-0.25, -0.2) is 17.9 Å². The van der Waals surface area contributed by atoms with Gasteiger partial charge in [0.2, 0.25) is 10.0 Å². The van der Waals surface area contributed by atoms with E-state index in [0.717, 1.165) is 28.5 Å². The molecule has 0 unspecified atom stereocenters. The number of aliphatic carboxylic acids is 1. The summed E-state index contributed by atoms with van der Waals surface area (Å²) >= 11 is 0. The Morgan fingerprint density at radius 3 is 2.23 bits per heavy atom. The number of carboxylic acid groups (broad SMARTS) is 1. The largest absolute Gasteiger partial charge is 0.481 e. The molecular weight excluding hydrogens is 530 g/mol. The zero-order valence-corrected chi connectivity index (χ0v) is 22.7. The predicted octanol–water partition coefficient (Wildman–Crippen LogP) is 4.85. The van der Waals surface area contributed by atoms with Crippen LogP contribution in [0.2, 0.25) is 0 Å². The number of rotatable bonds is 9. The van der Waals surface area contributed by atoms with E-state index in [1.807, 2.05) is 54.6 Å². The zero-order chi connectivity index (χ0) is 28.4. The Hall–Kier alpha value is -4.90. The normalized spacial score (nSPS) is 11.4. The topological polar surface area (TPSA) is 140 Å². The highest BCUT2D eigenvalue weighted by molar-refractivity contribution is 7.92. The number of hydrogen-bond donors (Lipinski definition) is 2. The van der Waals surface area contributed by atoms with Crippen molar-refractivity contribution in [2.45, 2.75) is 12.8 Å². The van der Waals surface area contributed by atoms with Gasteiger partial charge in [0.25, 0.3) is 0 Å². The van der Waals surface area contributed by atoms with E-state index in [2.05, 4.69) is 10.1 Å². The Kier molecular flexibility index (Phi) is 7.14. The molecule has 2 aromatic heterocycles. The molecule has 11 heteroatoms. The maximum absolute atomic E-state index is 12.0. The highest BCUT2D eigenvalue weighted by Crippen LogP contribution is 2.41. The van der Waals surface area contributed by atoms with Crippen LogP contribution < -0.4 is 14.8 Å². The molecular formula is C29H27N5O5S. The quantitative estimate of drug-likeness (QED) is 0.262. The molecule has 204 valence electrons. The number of sulfonamides is 1. The van der Waals surface area contributed by atoms with Gasteiger partial charge in [-0.15, -0.1) is 0 Å². The number of nitrogen functional groups attached to an aromatic ring is 1. The van der Waals surface area contributed by atoms with Crippen molar-refractivity contribution in [3.8, 4) is 33.9 Å². The molecule has 0 atom stereocenters. The maximum Gasteiger partial charge on any atom is 0.303 e. The van der Waals surface area contributed by atoms with Crippen LogP contribution in [0, 0.1) is 0 Å². The van der Waals surface area contributed by atoms with Gasteiger partial charge in [-0.05, 0) is 53.9 Å². The Labute approximate surface area is 231 Å². The van der Waals surface area contributed by atoms with Crippen molar-refractivity contribution in [3.63, 3.8) is 0 Å². The fourth-order valence-corrected chi connectivity index (χ4v) is 5.08. The van der Waals surface area contributed by atoms with E-state index in [9.17, 15) is 18.3 Å². The third-order valence-corrected chi connectivity index (χ3v) is 7.77. The molecule has 0 saturated heterocycles. The lowest BCUT2D eigenvalue weighted by atomic mass is 9.95. The molecule has 0 spiro atoms. The number of para-hydroxylation sites is 1. The third kappa shape index (κ3) is 5.32. The van der Waals surface area contributed by atoms with E-state index in [0.29, 0.717) is 28.4 Å². The van der Waals surface area contributed by atoms with Gasteiger partial charge in [0.1, 0.15) is 23.3 Å². The monoisotopic (exact) mass is 557 g/mol. The molecule has 0 amide bonds. The maximum atomic E-state index is 12.0. The minimum Gasteiger partial charge on any atom is -0.481 e. The number of anilines is 2. The van der Waals surface area contributed by atoms with Crippen molar-refractivity contribution in [1.29, 1.82) is 0 Å². The number of nitrogens with two attached hydrogens (primary N) is 1. The highest BCUT2D eigenvalue weighted by Gasteiger charge is 2.25. The Morgan fingerprint density at radius 2 is 1.60 bits per heavy atom. The molecule has 40 heavy (non-hydrogen) atoms. The molecule has 5 rings (SSSR count). The molecule has 10 nitrogen and oxygen atoms in total. The summed E-state index contributed by atoms with van der Waals surface area (Å²) in [6, 6.07) is 23.8. The highest BCUT2D eigenvalue weighted by atomic mass is 32.2. The summed E-state index contributed by atoms with van der Waals surface area (Å²) in [7, 11) is -1.96. The van der Waals surface area contributed by atoms with Crippen molar-refractivity contribution in [2.75, 3.05) is 23.3 Å². The smallest absolute Gasteiger partial charge is 0.303 e. The van der Waals surface area contributed by atoms with Gasteiger partial charge in [0.15, 0.2) is 5.82 Å². The second-order valence-electron chi connectivity index (χ2n) is 9.22. The summed E-state index contributed by atoms with van der Waals surface area (Å²) in [6.07, 6.45) is 2.57.